The van der Waals surface area contributed by atoms with Crippen molar-refractivity contribution in [1.29, 1.82) is 0 Å². The summed E-state index contributed by atoms with van der Waals surface area (Å²) >= 11 is 6.11. The molecule has 4 nitrogen and oxygen atoms in total. The first-order valence-electron chi connectivity index (χ1n) is 6.94. The Morgan fingerprint density at radius 2 is 1.59 bits per heavy atom. The molecule has 2 aromatic carbocycles. The second-order valence-corrected chi connectivity index (χ2v) is 5.25. The van der Waals surface area contributed by atoms with E-state index in [2.05, 4.69) is 15.3 Å². The molecule has 0 spiro atoms. The molecule has 5 heteroatoms. The van der Waals surface area contributed by atoms with Crippen LogP contribution >= 0.6 is 11.6 Å². The first kappa shape index (κ1) is 14.5. The number of nitrogens with one attached hydrogen (secondary N) is 1. The van der Waals surface area contributed by atoms with Crippen molar-refractivity contribution in [3.63, 3.8) is 0 Å². The highest BCUT2D eigenvalue weighted by Gasteiger charge is 2.11. The summed E-state index contributed by atoms with van der Waals surface area (Å²) in [5.41, 5.74) is 3.00. The molecule has 0 radical (unpaired) electrons. The smallest absolute Gasteiger partial charge is 0.226 e. The summed E-state index contributed by atoms with van der Waals surface area (Å²) in [5, 5.41) is 3.13. The van der Waals surface area contributed by atoms with Crippen molar-refractivity contribution in [2.45, 2.75) is 13.0 Å². The third kappa shape index (κ3) is 3.40. The van der Waals surface area contributed by atoms with Crippen LogP contribution in [0.1, 0.15) is 11.3 Å². The number of hydrogen-bond donors (Lipinski definition) is 1. The molecule has 0 aliphatic carbocycles. The van der Waals surface area contributed by atoms with Gasteiger partial charge in [0.2, 0.25) is 5.91 Å². The van der Waals surface area contributed by atoms with Gasteiger partial charge in [0.05, 0.1) is 23.1 Å². The minimum absolute atomic E-state index is 0.115. The van der Waals surface area contributed by atoms with E-state index in [0.29, 0.717) is 12.2 Å². The van der Waals surface area contributed by atoms with E-state index in [0.717, 1.165) is 16.6 Å². The number of fused-ring (bicyclic) bond motifs is 1. The van der Waals surface area contributed by atoms with E-state index >= 15 is 0 Å². The monoisotopic (exact) mass is 311 g/mol. The van der Waals surface area contributed by atoms with Crippen LogP contribution in [-0.2, 0) is 17.8 Å². The molecule has 3 aromatic rings. The average Bonchev–Trinajstić information content (AvgIpc) is 2.55. The Labute approximate surface area is 133 Å². The van der Waals surface area contributed by atoms with E-state index in [-0.39, 0.29) is 17.5 Å². The summed E-state index contributed by atoms with van der Waals surface area (Å²) in [5.74, 6) is -0.129. The number of rotatable bonds is 4. The maximum absolute atomic E-state index is 12.0. The molecule has 0 saturated heterocycles. The lowest BCUT2D eigenvalue weighted by molar-refractivity contribution is -0.120. The molecule has 0 aliphatic heterocycles. The number of carbonyl (C=O) groups excluding carboxylic acids is 1. The molecule has 22 heavy (non-hydrogen) atoms. The highest BCUT2D eigenvalue weighted by Crippen LogP contribution is 2.17. The third-order valence-corrected chi connectivity index (χ3v) is 3.56. The van der Waals surface area contributed by atoms with Crippen LogP contribution in [-0.4, -0.2) is 15.9 Å². The van der Waals surface area contributed by atoms with Crippen molar-refractivity contribution in [2.75, 3.05) is 0 Å². The number of nitrogens with zero attached hydrogens (tertiary/aromatic N) is 2. The number of carbonyl (C=O) groups is 1. The topological polar surface area (TPSA) is 54.9 Å². The zero-order valence-electron chi connectivity index (χ0n) is 11.8. The van der Waals surface area contributed by atoms with Crippen LogP contribution in [0.25, 0.3) is 11.0 Å². The molecule has 0 atom stereocenters. The molecular weight excluding hydrogens is 298 g/mol. The molecule has 0 aliphatic rings. The number of hydrogen-bond acceptors (Lipinski definition) is 3. The summed E-state index contributed by atoms with van der Waals surface area (Å²) in [6, 6.07) is 17.2. The zero-order chi connectivity index (χ0) is 15.4. The van der Waals surface area contributed by atoms with Gasteiger partial charge in [0.25, 0.3) is 0 Å². The highest BCUT2D eigenvalue weighted by molar-refractivity contribution is 6.30. The van der Waals surface area contributed by atoms with Crippen molar-refractivity contribution in [3.8, 4) is 0 Å². The molecule has 1 aromatic heterocycles. The third-order valence-electron chi connectivity index (χ3n) is 3.25. The number of amides is 1. The minimum Gasteiger partial charge on any atom is -0.352 e. The van der Waals surface area contributed by atoms with Gasteiger partial charge in [-0.05, 0) is 17.7 Å². The predicted molar refractivity (Wildman–Crippen MR) is 86.5 cm³/mol. The van der Waals surface area contributed by atoms with Gasteiger partial charge >= 0.3 is 0 Å². The van der Waals surface area contributed by atoms with Crippen LogP contribution in [0, 0.1) is 0 Å². The number of para-hydroxylation sites is 2. The molecule has 1 heterocycles. The number of halogens is 1. The van der Waals surface area contributed by atoms with Crippen LogP contribution < -0.4 is 5.32 Å². The SMILES string of the molecule is O=C(Cc1nc2ccccc2nc1Cl)NCc1ccccc1. The van der Waals surface area contributed by atoms with Crippen LogP contribution in [0.2, 0.25) is 5.15 Å². The van der Waals surface area contributed by atoms with E-state index in [1.807, 2.05) is 54.6 Å². The Balaban J connectivity index is 1.70. The van der Waals surface area contributed by atoms with Crippen LogP contribution in [0.4, 0.5) is 0 Å². The summed E-state index contributed by atoms with van der Waals surface area (Å²) in [6.07, 6.45) is 0.115. The fourth-order valence-electron chi connectivity index (χ4n) is 2.14. The van der Waals surface area contributed by atoms with Gasteiger partial charge in [-0.15, -0.1) is 0 Å². The van der Waals surface area contributed by atoms with E-state index in [9.17, 15) is 4.79 Å². The average molecular weight is 312 g/mol. The van der Waals surface area contributed by atoms with Gasteiger partial charge in [-0.25, -0.2) is 9.97 Å². The second kappa shape index (κ2) is 6.54. The maximum Gasteiger partial charge on any atom is 0.226 e. The lowest BCUT2D eigenvalue weighted by atomic mass is 10.2. The first-order chi connectivity index (χ1) is 10.7. The van der Waals surface area contributed by atoms with Crippen molar-refractivity contribution in [1.82, 2.24) is 15.3 Å². The summed E-state index contributed by atoms with van der Waals surface area (Å²) in [7, 11) is 0. The Hall–Kier alpha value is -2.46. The Bertz CT molecular complexity index is 805. The van der Waals surface area contributed by atoms with Crippen molar-refractivity contribution < 1.29 is 4.79 Å². The van der Waals surface area contributed by atoms with E-state index < -0.39 is 0 Å². The largest absolute Gasteiger partial charge is 0.352 e. The van der Waals surface area contributed by atoms with Gasteiger partial charge in [0.1, 0.15) is 0 Å². The standard InChI is InChI=1S/C17H14ClN3O/c18-17-15(20-13-8-4-5-9-14(13)21-17)10-16(22)19-11-12-6-2-1-3-7-12/h1-9H,10-11H2,(H,19,22). The predicted octanol–water partition coefficient (Wildman–Crippen LogP) is 3.14. The normalized spacial score (nSPS) is 10.6. The Morgan fingerprint density at radius 1 is 0.955 bits per heavy atom. The van der Waals surface area contributed by atoms with Gasteiger partial charge in [-0.2, -0.15) is 0 Å². The van der Waals surface area contributed by atoms with Gasteiger partial charge < -0.3 is 5.32 Å². The van der Waals surface area contributed by atoms with E-state index in [1.54, 1.807) is 0 Å². The first-order valence-corrected chi connectivity index (χ1v) is 7.32. The fraction of sp³-hybridized carbons (Fsp3) is 0.118. The summed E-state index contributed by atoms with van der Waals surface area (Å²) < 4.78 is 0. The lowest BCUT2D eigenvalue weighted by Gasteiger charge is -2.07. The minimum atomic E-state index is -0.129. The molecule has 0 unspecified atom stereocenters. The fourth-order valence-corrected chi connectivity index (χ4v) is 2.34. The van der Waals surface area contributed by atoms with Gasteiger partial charge in [-0.3, -0.25) is 4.79 Å². The van der Waals surface area contributed by atoms with E-state index in [1.165, 1.54) is 0 Å². The lowest BCUT2D eigenvalue weighted by Crippen LogP contribution is -2.25. The molecule has 0 fully saturated rings. The highest BCUT2D eigenvalue weighted by atomic mass is 35.5. The second-order valence-electron chi connectivity index (χ2n) is 4.89. The number of aromatic nitrogens is 2. The van der Waals surface area contributed by atoms with Gasteiger partial charge in [0.15, 0.2) is 5.15 Å². The van der Waals surface area contributed by atoms with Crippen LogP contribution in [0.3, 0.4) is 0 Å². The quantitative estimate of drug-likeness (QED) is 0.805. The summed E-state index contributed by atoms with van der Waals surface area (Å²) in [6.45, 7) is 0.484. The van der Waals surface area contributed by atoms with Gasteiger partial charge in [-0.1, -0.05) is 54.1 Å². The van der Waals surface area contributed by atoms with Gasteiger partial charge in [0, 0.05) is 6.54 Å². The number of benzene rings is 2. The molecular formula is C17H14ClN3O. The molecule has 1 amide bonds. The van der Waals surface area contributed by atoms with Crippen molar-refractivity contribution in [3.05, 3.63) is 71.0 Å². The molecule has 3 rings (SSSR count). The zero-order valence-corrected chi connectivity index (χ0v) is 12.5. The van der Waals surface area contributed by atoms with Crippen molar-refractivity contribution >= 4 is 28.5 Å². The van der Waals surface area contributed by atoms with E-state index in [4.69, 9.17) is 11.6 Å². The maximum atomic E-state index is 12.0. The summed E-state index contributed by atoms with van der Waals surface area (Å²) in [4.78, 5) is 20.7. The Morgan fingerprint density at radius 3 is 2.32 bits per heavy atom. The van der Waals surface area contributed by atoms with Crippen LogP contribution in [0.15, 0.2) is 54.6 Å². The Kier molecular flexibility index (Phi) is 4.30. The van der Waals surface area contributed by atoms with Crippen LogP contribution in [0.5, 0.6) is 0 Å². The molecule has 0 bridgehead atoms. The van der Waals surface area contributed by atoms with Crippen molar-refractivity contribution in [2.24, 2.45) is 0 Å². The molecule has 0 saturated carbocycles. The molecule has 110 valence electrons. The molecule has 1 N–H and O–H groups in total.